The van der Waals surface area contributed by atoms with E-state index in [2.05, 4.69) is 4.98 Å². The van der Waals surface area contributed by atoms with E-state index in [1.807, 2.05) is 19.1 Å². The lowest BCUT2D eigenvalue weighted by Gasteiger charge is -1.96. The summed E-state index contributed by atoms with van der Waals surface area (Å²) in [5, 5.41) is 11.6. The second-order valence-corrected chi connectivity index (χ2v) is 4.14. The molecule has 0 saturated heterocycles. The van der Waals surface area contributed by atoms with Crippen molar-refractivity contribution in [1.82, 2.24) is 4.98 Å². The fourth-order valence-electron chi connectivity index (χ4n) is 2.08. The average molecular weight is 242 g/mol. The standard InChI is InChI=1S/C13H10N2O3/c1-8-5-10(15(16)17)6-9-7-11(14-13(8)9)12-3-2-4-18-12/h2-7,14H,1H3. The Balaban J connectivity index is 2.23. The number of fused-ring (bicyclic) bond motifs is 1. The highest BCUT2D eigenvalue weighted by atomic mass is 16.6. The Bertz CT molecular complexity index is 726. The van der Waals surface area contributed by atoms with Gasteiger partial charge in [-0.1, -0.05) is 0 Å². The molecule has 0 aliphatic heterocycles. The first kappa shape index (κ1) is 10.6. The Morgan fingerprint density at radius 3 is 2.83 bits per heavy atom. The van der Waals surface area contributed by atoms with Crippen molar-refractivity contribution in [2.75, 3.05) is 0 Å². The monoisotopic (exact) mass is 242 g/mol. The molecule has 3 aromatic rings. The predicted molar refractivity (Wildman–Crippen MR) is 67.4 cm³/mol. The predicted octanol–water partition coefficient (Wildman–Crippen LogP) is 3.64. The molecule has 3 rings (SSSR count). The third kappa shape index (κ3) is 1.57. The molecule has 2 heterocycles. The Kier molecular flexibility index (Phi) is 2.19. The number of aromatic nitrogens is 1. The van der Waals surface area contributed by atoms with Crippen LogP contribution in [-0.4, -0.2) is 9.91 Å². The Morgan fingerprint density at radius 1 is 1.33 bits per heavy atom. The minimum Gasteiger partial charge on any atom is -0.463 e. The topological polar surface area (TPSA) is 72.1 Å². The van der Waals surface area contributed by atoms with Crippen LogP contribution >= 0.6 is 0 Å². The van der Waals surface area contributed by atoms with E-state index in [0.717, 1.165) is 22.2 Å². The smallest absolute Gasteiger partial charge is 0.270 e. The fraction of sp³-hybridized carbons (Fsp3) is 0.0769. The summed E-state index contributed by atoms with van der Waals surface area (Å²) in [7, 11) is 0. The molecule has 2 aromatic heterocycles. The normalized spacial score (nSPS) is 10.9. The van der Waals surface area contributed by atoms with Crippen LogP contribution in [0.1, 0.15) is 5.56 Å². The molecule has 0 amide bonds. The second kappa shape index (κ2) is 3.73. The molecular formula is C13H10N2O3. The van der Waals surface area contributed by atoms with Gasteiger partial charge in [0.2, 0.25) is 0 Å². The van der Waals surface area contributed by atoms with Crippen LogP contribution in [-0.2, 0) is 0 Å². The molecule has 0 fully saturated rings. The van der Waals surface area contributed by atoms with E-state index in [0.29, 0.717) is 5.76 Å². The summed E-state index contributed by atoms with van der Waals surface area (Å²) in [6, 6.07) is 8.62. The maximum Gasteiger partial charge on any atom is 0.270 e. The lowest BCUT2D eigenvalue weighted by Crippen LogP contribution is -1.88. The quantitative estimate of drug-likeness (QED) is 0.550. The zero-order valence-corrected chi connectivity index (χ0v) is 9.64. The van der Waals surface area contributed by atoms with Crippen LogP contribution in [0.3, 0.4) is 0 Å². The van der Waals surface area contributed by atoms with Crippen molar-refractivity contribution in [2.24, 2.45) is 0 Å². The van der Waals surface area contributed by atoms with E-state index in [1.165, 1.54) is 0 Å². The van der Waals surface area contributed by atoms with Gasteiger partial charge in [0.1, 0.15) is 5.76 Å². The van der Waals surface area contributed by atoms with Gasteiger partial charge in [-0.05, 0) is 30.7 Å². The van der Waals surface area contributed by atoms with Crippen LogP contribution < -0.4 is 0 Å². The SMILES string of the molecule is Cc1cc([N+](=O)[O-])cc2cc(-c3ccco3)[nH]c12. The number of nitrogens with zero attached hydrogens (tertiary/aromatic N) is 1. The molecule has 0 spiro atoms. The van der Waals surface area contributed by atoms with Crippen molar-refractivity contribution in [3.8, 4) is 11.5 Å². The molecule has 1 N–H and O–H groups in total. The number of aryl methyl sites for hydroxylation is 1. The highest BCUT2D eigenvalue weighted by Crippen LogP contribution is 2.29. The molecule has 5 heteroatoms. The Hall–Kier alpha value is -2.56. The van der Waals surface area contributed by atoms with Crippen LogP contribution in [0.25, 0.3) is 22.4 Å². The summed E-state index contributed by atoms with van der Waals surface area (Å²) < 4.78 is 5.30. The van der Waals surface area contributed by atoms with E-state index in [1.54, 1.807) is 24.5 Å². The molecule has 1 aromatic carbocycles. The van der Waals surface area contributed by atoms with Crippen LogP contribution in [0.4, 0.5) is 5.69 Å². The second-order valence-electron chi connectivity index (χ2n) is 4.14. The number of hydrogen-bond acceptors (Lipinski definition) is 3. The molecule has 0 bridgehead atoms. The first-order chi connectivity index (χ1) is 8.65. The Morgan fingerprint density at radius 2 is 2.17 bits per heavy atom. The highest BCUT2D eigenvalue weighted by Gasteiger charge is 2.13. The number of aromatic amines is 1. The van der Waals surface area contributed by atoms with E-state index < -0.39 is 0 Å². The largest absolute Gasteiger partial charge is 0.463 e. The molecular weight excluding hydrogens is 232 g/mol. The number of nitro benzene ring substituents is 1. The minimum atomic E-state index is -0.383. The van der Waals surface area contributed by atoms with Gasteiger partial charge in [-0.2, -0.15) is 0 Å². The van der Waals surface area contributed by atoms with Crippen LogP contribution in [0.5, 0.6) is 0 Å². The van der Waals surface area contributed by atoms with Gasteiger partial charge in [0.05, 0.1) is 16.9 Å². The van der Waals surface area contributed by atoms with Gasteiger partial charge in [-0.3, -0.25) is 10.1 Å². The van der Waals surface area contributed by atoms with Crippen molar-refractivity contribution in [2.45, 2.75) is 6.92 Å². The van der Waals surface area contributed by atoms with Crippen molar-refractivity contribution in [1.29, 1.82) is 0 Å². The zero-order valence-electron chi connectivity index (χ0n) is 9.64. The average Bonchev–Trinajstić information content (AvgIpc) is 2.96. The first-order valence-electron chi connectivity index (χ1n) is 5.47. The summed E-state index contributed by atoms with van der Waals surface area (Å²) in [5.41, 5.74) is 2.66. The summed E-state index contributed by atoms with van der Waals surface area (Å²) in [4.78, 5) is 13.6. The van der Waals surface area contributed by atoms with Gasteiger partial charge < -0.3 is 9.40 Å². The fourth-order valence-corrected chi connectivity index (χ4v) is 2.08. The van der Waals surface area contributed by atoms with Gasteiger partial charge >= 0.3 is 0 Å². The van der Waals surface area contributed by atoms with Crippen LogP contribution in [0.2, 0.25) is 0 Å². The van der Waals surface area contributed by atoms with Gasteiger partial charge in [0.15, 0.2) is 0 Å². The third-order valence-corrected chi connectivity index (χ3v) is 2.91. The zero-order chi connectivity index (χ0) is 12.7. The number of nitrogens with one attached hydrogen (secondary N) is 1. The summed E-state index contributed by atoms with van der Waals surface area (Å²) in [6.07, 6.45) is 1.59. The molecule has 0 radical (unpaired) electrons. The number of rotatable bonds is 2. The van der Waals surface area contributed by atoms with E-state index in [-0.39, 0.29) is 10.6 Å². The van der Waals surface area contributed by atoms with Crippen LogP contribution in [0.15, 0.2) is 41.0 Å². The van der Waals surface area contributed by atoms with E-state index >= 15 is 0 Å². The van der Waals surface area contributed by atoms with E-state index in [4.69, 9.17) is 4.42 Å². The molecule has 18 heavy (non-hydrogen) atoms. The number of non-ortho nitro benzene ring substituents is 1. The number of H-pyrrole nitrogens is 1. The van der Waals surface area contributed by atoms with Crippen molar-refractivity contribution < 1.29 is 9.34 Å². The maximum absolute atomic E-state index is 10.8. The molecule has 0 saturated carbocycles. The molecule has 0 aliphatic rings. The number of furan rings is 1. The number of nitro groups is 1. The lowest BCUT2D eigenvalue weighted by molar-refractivity contribution is -0.384. The van der Waals surface area contributed by atoms with Crippen LogP contribution in [0, 0.1) is 17.0 Å². The summed E-state index contributed by atoms with van der Waals surface area (Å²) >= 11 is 0. The molecule has 0 atom stereocenters. The summed E-state index contributed by atoms with van der Waals surface area (Å²) in [6.45, 7) is 1.84. The van der Waals surface area contributed by atoms with Gasteiger partial charge in [0, 0.05) is 23.0 Å². The number of benzene rings is 1. The van der Waals surface area contributed by atoms with Crippen molar-refractivity contribution in [3.63, 3.8) is 0 Å². The Labute approximate surface area is 102 Å². The van der Waals surface area contributed by atoms with Gasteiger partial charge in [0.25, 0.3) is 5.69 Å². The summed E-state index contributed by atoms with van der Waals surface area (Å²) in [5.74, 6) is 0.716. The minimum absolute atomic E-state index is 0.102. The van der Waals surface area contributed by atoms with E-state index in [9.17, 15) is 10.1 Å². The molecule has 0 unspecified atom stereocenters. The highest BCUT2D eigenvalue weighted by molar-refractivity contribution is 5.89. The van der Waals surface area contributed by atoms with Crippen molar-refractivity contribution >= 4 is 16.6 Å². The number of hydrogen-bond donors (Lipinski definition) is 1. The third-order valence-electron chi connectivity index (χ3n) is 2.91. The van der Waals surface area contributed by atoms with Gasteiger partial charge in [-0.25, -0.2) is 0 Å². The van der Waals surface area contributed by atoms with Gasteiger partial charge in [-0.15, -0.1) is 0 Å². The lowest BCUT2D eigenvalue weighted by atomic mass is 10.1. The first-order valence-corrected chi connectivity index (χ1v) is 5.47. The van der Waals surface area contributed by atoms with Crippen molar-refractivity contribution in [3.05, 3.63) is 52.3 Å². The molecule has 90 valence electrons. The maximum atomic E-state index is 10.8. The molecule has 0 aliphatic carbocycles. The molecule has 5 nitrogen and oxygen atoms in total.